The molecule has 1 nitrogen and oxygen atoms in total. The zero-order chi connectivity index (χ0) is 3.41. The summed E-state index contributed by atoms with van der Waals surface area (Å²) >= 11 is 0.773. The van der Waals surface area contributed by atoms with Gasteiger partial charge in [0.1, 0.15) is 0 Å². The summed E-state index contributed by atoms with van der Waals surface area (Å²) in [4.78, 5) is 0. The Bertz CT molecular complexity index is 8.00. The van der Waals surface area contributed by atoms with Crippen LogP contribution < -0.4 is 0 Å². The van der Waals surface area contributed by atoms with Crippen LogP contribution in [0.5, 0.6) is 0 Å². The van der Waals surface area contributed by atoms with Crippen molar-refractivity contribution in [3.05, 3.63) is 0 Å². The molecular formula is CH4OS2. The predicted octanol–water partition coefficient (Wildman–Crippen LogP) is 1.47. The van der Waals surface area contributed by atoms with Crippen LogP contribution in [0.4, 0.5) is 0 Å². The first-order chi connectivity index (χ1) is 1.91. The van der Waals surface area contributed by atoms with Crippen LogP contribution in [0.2, 0.25) is 0 Å². The van der Waals surface area contributed by atoms with E-state index in [4.69, 9.17) is 4.55 Å². The van der Waals surface area contributed by atoms with Crippen molar-refractivity contribution in [3.63, 3.8) is 0 Å². The number of hydrogen-bond donors (Lipinski definition) is 1. The van der Waals surface area contributed by atoms with Gasteiger partial charge in [-0.15, -0.1) is 0 Å². The Kier molecular flexibility index (Phi) is 4.26. The molecule has 0 radical (unpaired) electrons. The van der Waals surface area contributed by atoms with Crippen LogP contribution in [0.3, 0.4) is 0 Å². The molecule has 0 aliphatic rings. The van der Waals surface area contributed by atoms with Gasteiger partial charge < -0.3 is 4.55 Å². The number of rotatable bonds is 1. The lowest BCUT2D eigenvalue weighted by Gasteiger charge is -1.67. The molecule has 0 unspecified atom stereocenters. The van der Waals surface area contributed by atoms with E-state index in [1.165, 1.54) is 10.8 Å². The van der Waals surface area contributed by atoms with Crippen LogP contribution in [0.25, 0.3) is 0 Å². The van der Waals surface area contributed by atoms with Crippen molar-refractivity contribution in [2.75, 3.05) is 6.26 Å². The SMILES string of the molecule is CSSO. The second kappa shape index (κ2) is 3.66. The lowest BCUT2D eigenvalue weighted by atomic mass is 12.0. The summed E-state index contributed by atoms with van der Waals surface area (Å²) in [6, 6.07) is 0. The first-order valence-electron chi connectivity index (χ1n) is 0.757. The van der Waals surface area contributed by atoms with Crippen molar-refractivity contribution >= 4 is 21.9 Å². The highest BCUT2D eigenvalue weighted by Crippen LogP contribution is 2.08. The molecule has 0 aliphatic heterocycles. The molecule has 0 aromatic heterocycles. The molecular weight excluding hydrogens is 92.1 g/mol. The van der Waals surface area contributed by atoms with E-state index in [1.807, 2.05) is 6.26 Å². The summed E-state index contributed by atoms with van der Waals surface area (Å²) in [7, 11) is 1.33. The molecule has 0 amide bonds. The van der Waals surface area contributed by atoms with E-state index >= 15 is 0 Å². The first kappa shape index (κ1) is 4.66. The highest BCUT2D eigenvalue weighted by molar-refractivity contribution is 8.74. The van der Waals surface area contributed by atoms with Crippen molar-refractivity contribution in [2.45, 2.75) is 0 Å². The van der Waals surface area contributed by atoms with E-state index < -0.39 is 0 Å². The van der Waals surface area contributed by atoms with Gasteiger partial charge in [-0.1, -0.05) is 10.8 Å². The molecule has 1 N–H and O–H groups in total. The predicted molar refractivity (Wildman–Crippen MR) is 23.7 cm³/mol. The van der Waals surface area contributed by atoms with Gasteiger partial charge in [-0.2, -0.15) is 0 Å². The Labute approximate surface area is 33.4 Å². The van der Waals surface area contributed by atoms with Crippen molar-refractivity contribution in [2.24, 2.45) is 0 Å². The Morgan fingerprint density at radius 2 is 2.00 bits per heavy atom. The molecule has 0 aliphatic carbocycles. The second-order valence-electron chi connectivity index (χ2n) is 0.241. The largest absolute Gasteiger partial charge is 0.321 e. The highest BCUT2D eigenvalue weighted by atomic mass is 33.1. The van der Waals surface area contributed by atoms with Crippen molar-refractivity contribution in [3.8, 4) is 0 Å². The van der Waals surface area contributed by atoms with E-state index in [2.05, 4.69) is 0 Å². The van der Waals surface area contributed by atoms with Crippen LogP contribution in [-0.2, 0) is 0 Å². The molecule has 0 aromatic carbocycles. The van der Waals surface area contributed by atoms with Crippen molar-refractivity contribution < 1.29 is 4.55 Å². The van der Waals surface area contributed by atoms with Gasteiger partial charge in [0.2, 0.25) is 0 Å². The fraction of sp³-hybridized carbons (Fsp3) is 1.00. The zero-order valence-corrected chi connectivity index (χ0v) is 3.90. The maximum atomic E-state index is 7.75. The smallest absolute Gasteiger partial charge is 0.0590 e. The van der Waals surface area contributed by atoms with Gasteiger partial charge >= 0.3 is 0 Å². The van der Waals surface area contributed by atoms with Crippen molar-refractivity contribution in [1.82, 2.24) is 0 Å². The Balaban J connectivity index is 1.97. The summed E-state index contributed by atoms with van der Waals surface area (Å²) in [5.41, 5.74) is 0. The summed E-state index contributed by atoms with van der Waals surface area (Å²) in [5.74, 6) is 0. The average Bonchev–Trinajstić information content (AvgIpc) is 1.37. The standard InChI is InChI=1S/CH4OS2/c1-3-4-2/h2H,1H3. The van der Waals surface area contributed by atoms with E-state index in [-0.39, 0.29) is 0 Å². The molecule has 4 heavy (non-hydrogen) atoms. The number of hydrogen-bond acceptors (Lipinski definition) is 3. The average molecular weight is 96.2 g/mol. The molecule has 0 heterocycles. The minimum absolute atomic E-state index is 0.773. The summed E-state index contributed by atoms with van der Waals surface area (Å²) in [6.45, 7) is 0. The van der Waals surface area contributed by atoms with Gasteiger partial charge in [0.25, 0.3) is 0 Å². The third kappa shape index (κ3) is 2.66. The molecule has 0 rings (SSSR count). The van der Waals surface area contributed by atoms with E-state index in [0.717, 1.165) is 11.1 Å². The maximum absolute atomic E-state index is 7.75. The van der Waals surface area contributed by atoms with Gasteiger partial charge in [-0.3, -0.25) is 0 Å². The normalized spacial score (nSPS) is 7.50. The fourth-order valence-electron chi connectivity index (χ4n) is 0. The fourth-order valence-corrected chi connectivity index (χ4v) is 0. The summed E-state index contributed by atoms with van der Waals surface area (Å²) in [6.07, 6.45) is 1.81. The van der Waals surface area contributed by atoms with Gasteiger partial charge in [-0.05, 0) is 6.26 Å². The monoisotopic (exact) mass is 96.0 g/mol. The molecule has 26 valence electrons. The van der Waals surface area contributed by atoms with E-state index in [0.29, 0.717) is 0 Å². The quantitative estimate of drug-likeness (QED) is 0.394. The first-order valence-corrected chi connectivity index (χ1v) is 3.27. The van der Waals surface area contributed by atoms with Gasteiger partial charge in [-0.25, -0.2) is 0 Å². The Hall–Kier alpha value is 0.660. The molecule has 0 bridgehead atoms. The molecule has 0 saturated heterocycles. The molecule has 0 spiro atoms. The third-order valence-corrected chi connectivity index (χ3v) is 0.671. The van der Waals surface area contributed by atoms with E-state index in [9.17, 15) is 0 Å². The third-order valence-electron chi connectivity index (χ3n) is 0.0745. The molecule has 0 saturated carbocycles. The van der Waals surface area contributed by atoms with Crippen LogP contribution in [-0.4, -0.2) is 10.8 Å². The lowest BCUT2D eigenvalue weighted by molar-refractivity contribution is 0.676. The van der Waals surface area contributed by atoms with Gasteiger partial charge in [0.05, 0.1) is 11.1 Å². The van der Waals surface area contributed by atoms with Gasteiger partial charge in [0, 0.05) is 0 Å². The minimum atomic E-state index is 0.773. The van der Waals surface area contributed by atoms with E-state index in [1.54, 1.807) is 0 Å². The van der Waals surface area contributed by atoms with Gasteiger partial charge in [0.15, 0.2) is 0 Å². The molecule has 3 heteroatoms. The Morgan fingerprint density at radius 1 is 1.75 bits per heavy atom. The van der Waals surface area contributed by atoms with Crippen LogP contribution in [0, 0.1) is 0 Å². The lowest BCUT2D eigenvalue weighted by Crippen LogP contribution is -1.30. The molecule has 0 fully saturated rings. The van der Waals surface area contributed by atoms with Crippen LogP contribution in [0.15, 0.2) is 0 Å². The second-order valence-corrected chi connectivity index (χ2v) is 2.17. The maximum Gasteiger partial charge on any atom is 0.0590 e. The van der Waals surface area contributed by atoms with Crippen LogP contribution in [0.1, 0.15) is 0 Å². The molecule has 0 atom stereocenters. The zero-order valence-electron chi connectivity index (χ0n) is 2.26. The summed E-state index contributed by atoms with van der Waals surface area (Å²) < 4.78 is 7.75. The van der Waals surface area contributed by atoms with Crippen molar-refractivity contribution in [1.29, 1.82) is 0 Å². The molecule has 0 aromatic rings. The van der Waals surface area contributed by atoms with Crippen LogP contribution >= 0.6 is 21.9 Å². The Morgan fingerprint density at radius 3 is 2.00 bits per heavy atom. The minimum Gasteiger partial charge on any atom is -0.321 e. The highest BCUT2D eigenvalue weighted by Gasteiger charge is 1.58. The topological polar surface area (TPSA) is 20.2 Å². The summed E-state index contributed by atoms with van der Waals surface area (Å²) in [5, 5.41) is 0.